The van der Waals surface area contributed by atoms with E-state index >= 15 is 0 Å². The summed E-state index contributed by atoms with van der Waals surface area (Å²) in [4.78, 5) is 23.3. The molecule has 212 valence electrons. The van der Waals surface area contributed by atoms with Gasteiger partial charge in [-0.1, -0.05) is 103 Å². The van der Waals surface area contributed by atoms with Crippen molar-refractivity contribution in [1.82, 2.24) is 18.9 Å². The predicted octanol–water partition coefficient (Wildman–Crippen LogP) is 9.04. The Labute approximate surface area is 258 Å². The van der Waals surface area contributed by atoms with Crippen molar-refractivity contribution in [3.63, 3.8) is 0 Å². The number of rotatable bonds is 3. The van der Waals surface area contributed by atoms with Crippen LogP contribution in [-0.4, -0.2) is 18.9 Å². The SMILES string of the molecule is Cn1c(=O)n2c3ccc(-c4c5ccccc5c(-c5ncc(-c6ccccc6)cn5)c5ccccc45)cc3cc2c2ccccc21. The van der Waals surface area contributed by atoms with Gasteiger partial charge in [0.15, 0.2) is 5.82 Å². The smallest absolute Gasteiger partial charge is 0.296 e. The minimum absolute atomic E-state index is 0.0509. The lowest BCUT2D eigenvalue weighted by Crippen LogP contribution is -2.24. The third-order valence-electron chi connectivity index (χ3n) is 9.02. The van der Waals surface area contributed by atoms with Crippen LogP contribution in [-0.2, 0) is 7.05 Å². The summed E-state index contributed by atoms with van der Waals surface area (Å²) in [6.45, 7) is 0. The molecule has 9 aromatic rings. The van der Waals surface area contributed by atoms with Crippen molar-refractivity contribution < 1.29 is 0 Å². The fourth-order valence-corrected chi connectivity index (χ4v) is 6.93. The first-order valence-corrected chi connectivity index (χ1v) is 15.0. The second-order valence-electron chi connectivity index (χ2n) is 11.5. The van der Waals surface area contributed by atoms with Crippen molar-refractivity contribution in [3.8, 4) is 33.6 Å². The van der Waals surface area contributed by atoms with Crippen molar-refractivity contribution in [2.24, 2.45) is 7.05 Å². The molecule has 0 aliphatic heterocycles. The predicted molar refractivity (Wildman–Crippen MR) is 185 cm³/mol. The van der Waals surface area contributed by atoms with E-state index in [0.29, 0.717) is 5.82 Å². The Bertz CT molecular complexity index is 2610. The molecule has 45 heavy (non-hydrogen) atoms. The van der Waals surface area contributed by atoms with Gasteiger partial charge in [0.2, 0.25) is 0 Å². The molecule has 0 fully saturated rings. The summed E-state index contributed by atoms with van der Waals surface area (Å²) >= 11 is 0. The average Bonchev–Trinajstić information content (AvgIpc) is 3.49. The average molecular weight is 579 g/mol. The van der Waals surface area contributed by atoms with E-state index in [4.69, 9.17) is 9.97 Å². The minimum Gasteiger partial charge on any atom is -0.296 e. The molecule has 3 aromatic heterocycles. The number of hydrogen-bond donors (Lipinski definition) is 0. The van der Waals surface area contributed by atoms with Gasteiger partial charge in [0.05, 0.1) is 16.6 Å². The van der Waals surface area contributed by atoms with Crippen LogP contribution < -0.4 is 5.69 Å². The second kappa shape index (κ2) is 9.73. The number of aryl methyl sites for hydroxylation is 1. The third-order valence-corrected chi connectivity index (χ3v) is 9.02. The van der Waals surface area contributed by atoms with Crippen LogP contribution in [0.1, 0.15) is 0 Å². The van der Waals surface area contributed by atoms with Gasteiger partial charge in [-0.2, -0.15) is 0 Å². The van der Waals surface area contributed by atoms with Gasteiger partial charge in [-0.05, 0) is 62.5 Å². The van der Waals surface area contributed by atoms with E-state index < -0.39 is 0 Å². The van der Waals surface area contributed by atoms with E-state index in [9.17, 15) is 4.79 Å². The topological polar surface area (TPSA) is 52.2 Å². The molecule has 0 amide bonds. The number of fused-ring (bicyclic) bond motifs is 7. The van der Waals surface area contributed by atoms with Crippen LogP contribution in [0.3, 0.4) is 0 Å². The number of hydrogen-bond acceptors (Lipinski definition) is 3. The minimum atomic E-state index is -0.0509. The number of para-hydroxylation sites is 1. The maximum Gasteiger partial charge on any atom is 0.333 e. The first-order valence-electron chi connectivity index (χ1n) is 15.0. The zero-order valence-electron chi connectivity index (χ0n) is 24.5. The van der Waals surface area contributed by atoms with Crippen LogP contribution in [0.5, 0.6) is 0 Å². The summed E-state index contributed by atoms with van der Waals surface area (Å²) in [5.74, 6) is 0.700. The van der Waals surface area contributed by atoms with Gasteiger partial charge in [0, 0.05) is 41.3 Å². The van der Waals surface area contributed by atoms with Crippen molar-refractivity contribution in [2.75, 3.05) is 0 Å². The Hall–Kier alpha value is -6.07. The molecular formula is C40H26N4O. The van der Waals surface area contributed by atoms with Gasteiger partial charge in [-0.3, -0.25) is 8.97 Å². The van der Waals surface area contributed by atoms with Gasteiger partial charge in [-0.25, -0.2) is 14.8 Å². The summed E-state index contributed by atoms with van der Waals surface area (Å²) in [6.07, 6.45) is 3.82. The Morgan fingerprint density at radius 3 is 1.73 bits per heavy atom. The van der Waals surface area contributed by atoms with Crippen molar-refractivity contribution >= 4 is 48.9 Å². The van der Waals surface area contributed by atoms with Crippen molar-refractivity contribution in [3.05, 3.63) is 150 Å². The molecule has 0 saturated carbocycles. The zero-order valence-corrected chi connectivity index (χ0v) is 24.5. The fourth-order valence-electron chi connectivity index (χ4n) is 6.93. The number of benzene rings is 6. The van der Waals surface area contributed by atoms with E-state index in [1.165, 1.54) is 0 Å². The van der Waals surface area contributed by atoms with Crippen molar-refractivity contribution in [2.45, 2.75) is 0 Å². The van der Waals surface area contributed by atoms with E-state index in [2.05, 4.69) is 91.0 Å². The van der Waals surface area contributed by atoms with E-state index in [1.54, 1.807) is 4.57 Å². The van der Waals surface area contributed by atoms with E-state index in [0.717, 1.165) is 76.7 Å². The first kappa shape index (κ1) is 25.4. The lowest BCUT2D eigenvalue weighted by molar-refractivity contribution is 0.838. The Balaban J connectivity index is 1.30. The molecule has 3 heterocycles. The van der Waals surface area contributed by atoms with Gasteiger partial charge >= 0.3 is 5.69 Å². The fraction of sp³-hybridized carbons (Fsp3) is 0.0250. The van der Waals surface area contributed by atoms with Gasteiger partial charge in [0.25, 0.3) is 0 Å². The van der Waals surface area contributed by atoms with Gasteiger partial charge in [0.1, 0.15) is 0 Å². The molecule has 0 N–H and O–H groups in total. The van der Waals surface area contributed by atoms with Crippen LogP contribution in [0.15, 0.2) is 145 Å². The van der Waals surface area contributed by atoms with Crippen LogP contribution in [0, 0.1) is 0 Å². The largest absolute Gasteiger partial charge is 0.333 e. The van der Waals surface area contributed by atoms with Gasteiger partial charge in [-0.15, -0.1) is 0 Å². The molecule has 0 bridgehead atoms. The monoisotopic (exact) mass is 578 g/mol. The molecular weight excluding hydrogens is 552 g/mol. The summed E-state index contributed by atoms with van der Waals surface area (Å²) in [5.41, 5.74) is 8.04. The Kier molecular flexibility index (Phi) is 5.50. The summed E-state index contributed by atoms with van der Waals surface area (Å²) in [6, 6.07) is 43.9. The normalized spacial score (nSPS) is 11.8. The Morgan fingerprint density at radius 1 is 0.489 bits per heavy atom. The number of aromatic nitrogens is 4. The van der Waals surface area contributed by atoms with Crippen LogP contribution in [0.25, 0.3) is 82.5 Å². The molecule has 9 rings (SSSR count). The molecule has 0 aliphatic rings. The van der Waals surface area contributed by atoms with Gasteiger partial charge < -0.3 is 0 Å². The molecule has 0 saturated heterocycles. The standard InChI is InChI=1S/C40H26N4O/c1-43-35-18-10-9-17-33(35)36-22-27-21-26(19-20-34(27)44(36)40(43)45)37-29-13-5-7-15-31(29)38(32-16-8-6-14-30(32)37)39-41-23-28(24-42-39)25-11-3-2-4-12-25/h2-24H,1H3. The maximum absolute atomic E-state index is 13.5. The first-order chi connectivity index (χ1) is 22.2. The van der Waals surface area contributed by atoms with Crippen molar-refractivity contribution in [1.29, 1.82) is 0 Å². The van der Waals surface area contributed by atoms with Crippen LogP contribution in [0.2, 0.25) is 0 Å². The highest BCUT2D eigenvalue weighted by Crippen LogP contribution is 2.43. The highest BCUT2D eigenvalue weighted by Gasteiger charge is 2.19. The zero-order chi connectivity index (χ0) is 30.1. The molecule has 0 aliphatic carbocycles. The molecule has 6 aromatic carbocycles. The maximum atomic E-state index is 13.5. The molecule has 5 heteroatoms. The second-order valence-corrected chi connectivity index (χ2v) is 11.5. The van der Waals surface area contributed by atoms with E-state index in [1.807, 2.05) is 60.2 Å². The molecule has 0 radical (unpaired) electrons. The lowest BCUT2D eigenvalue weighted by Gasteiger charge is -2.17. The summed E-state index contributed by atoms with van der Waals surface area (Å²) in [7, 11) is 1.84. The lowest BCUT2D eigenvalue weighted by atomic mass is 9.88. The highest BCUT2D eigenvalue weighted by molar-refractivity contribution is 6.21. The quantitative estimate of drug-likeness (QED) is 0.197. The number of nitrogens with zero attached hydrogens (tertiary/aromatic N) is 4. The Morgan fingerprint density at radius 2 is 1.07 bits per heavy atom. The summed E-state index contributed by atoms with van der Waals surface area (Å²) in [5, 5.41) is 6.54. The summed E-state index contributed by atoms with van der Waals surface area (Å²) < 4.78 is 3.56. The molecule has 0 unspecified atom stereocenters. The van der Waals surface area contributed by atoms with E-state index in [-0.39, 0.29) is 5.69 Å². The highest BCUT2D eigenvalue weighted by atomic mass is 16.1. The molecule has 0 spiro atoms. The third kappa shape index (κ3) is 3.77. The molecule has 5 nitrogen and oxygen atoms in total. The molecule has 0 atom stereocenters. The van der Waals surface area contributed by atoms with Crippen LogP contribution in [0.4, 0.5) is 0 Å². The van der Waals surface area contributed by atoms with Crippen LogP contribution >= 0.6 is 0 Å².